The molecular weight excluding hydrogens is 534 g/mol. The second kappa shape index (κ2) is 11.1. The van der Waals surface area contributed by atoms with E-state index >= 15 is 4.39 Å². The lowest BCUT2D eigenvalue weighted by molar-refractivity contribution is -0.142. The molecule has 39 heavy (non-hydrogen) atoms. The van der Waals surface area contributed by atoms with Crippen molar-refractivity contribution in [3.63, 3.8) is 0 Å². The van der Waals surface area contributed by atoms with Crippen molar-refractivity contribution in [3.05, 3.63) is 42.5 Å². The van der Waals surface area contributed by atoms with E-state index in [0.717, 1.165) is 0 Å². The van der Waals surface area contributed by atoms with Gasteiger partial charge >= 0.3 is 13.7 Å². The van der Waals surface area contributed by atoms with Crippen LogP contribution in [0.2, 0.25) is 0 Å². The summed E-state index contributed by atoms with van der Waals surface area (Å²) in [4.78, 5) is 26.9. The fourth-order valence-electron chi connectivity index (χ4n) is 4.19. The van der Waals surface area contributed by atoms with Gasteiger partial charge in [-0.3, -0.25) is 13.9 Å². The number of carbonyl (C=O) groups excluding carboxylic acids is 1. The molecule has 13 nitrogen and oxygen atoms in total. The zero-order valence-corrected chi connectivity index (χ0v) is 23.3. The van der Waals surface area contributed by atoms with Gasteiger partial charge in [0.1, 0.15) is 29.8 Å². The van der Waals surface area contributed by atoms with Gasteiger partial charge in [0, 0.05) is 14.1 Å². The monoisotopic (exact) mass is 566 g/mol. The molecule has 0 spiro atoms. The van der Waals surface area contributed by atoms with E-state index in [4.69, 9.17) is 13.8 Å². The third-order valence-electron chi connectivity index (χ3n) is 6.19. The summed E-state index contributed by atoms with van der Waals surface area (Å²) >= 11 is 0. The van der Waals surface area contributed by atoms with E-state index in [2.05, 4.69) is 24.8 Å². The van der Waals surface area contributed by atoms with Crippen molar-refractivity contribution >= 4 is 30.7 Å². The van der Waals surface area contributed by atoms with Crippen molar-refractivity contribution < 1.29 is 37.4 Å². The minimum atomic E-state index is -4.24. The lowest BCUT2D eigenvalue weighted by Crippen LogP contribution is -2.41. The fraction of sp³-hybridized carbons (Fsp3) is 0.500. The van der Waals surface area contributed by atoms with Gasteiger partial charge in [-0.1, -0.05) is 18.2 Å². The maximum Gasteiger partial charge on any atom is 0.459 e. The molecule has 1 fully saturated rings. The van der Waals surface area contributed by atoms with Gasteiger partial charge in [0.25, 0.3) is 0 Å². The van der Waals surface area contributed by atoms with Gasteiger partial charge in [0.15, 0.2) is 28.9 Å². The number of benzene rings is 1. The molecule has 2 aromatic heterocycles. The van der Waals surface area contributed by atoms with E-state index in [1.807, 2.05) is 0 Å². The summed E-state index contributed by atoms with van der Waals surface area (Å²) in [6.07, 6.45) is -2.92. The van der Waals surface area contributed by atoms with Crippen LogP contribution in [0.25, 0.3) is 11.2 Å². The predicted molar refractivity (Wildman–Crippen MR) is 139 cm³/mol. The van der Waals surface area contributed by atoms with Crippen LogP contribution in [-0.4, -0.2) is 82.3 Å². The molecule has 1 saturated heterocycles. The molecule has 6 atom stereocenters. The number of methoxy groups -OCH3 is 1. The minimum Gasteiger partial charge on any atom is -0.468 e. The molecule has 1 aliphatic heterocycles. The summed E-state index contributed by atoms with van der Waals surface area (Å²) in [5.74, 6) is 0.477. The van der Waals surface area contributed by atoms with Gasteiger partial charge in [-0.15, -0.1) is 0 Å². The molecule has 0 radical (unpaired) electrons. The highest BCUT2D eigenvalue weighted by atomic mass is 31.2. The van der Waals surface area contributed by atoms with E-state index in [0.29, 0.717) is 22.8 Å². The van der Waals surface area contributed by atoms with Gasteiger partial charge in [-0.2, -0.15) is 5.09 Å². The summed E-state index contributed by atoms with van der Waals surface area (Å²) < 4.78 is 52.7. The number of alkyl halides is 1. The molecule has 0 saturated carbocycles. The standard InChI is InChI=1S/C24H32FN6O7P/c1-14(22(33)35-6)29-39(34,38-16-10-8-7-9-11-16)36-12-17-19(32)24(3,25)23(37-17)31-13-26-18-20(30(4)5)27-15(2)28-21(18)31/h7-11,13-14,17,19,23,32H,12H2,1-6H3,(H,29,34)/t14-,17+,19+,23+,24+,39-/m0/s1. The Bertz CT molecular complexity index is 1370. The first-order valence-corrected chi connectivity index (χ1v) is 13.7. The van der Waals surface area contributed by atoms with Gasteiger partial charge in [-0.05, 0) is 32.9 Å². The average Bonchev–Trinajstić information content (AvgIpc) is 3.39. The summed E-state index contributed by atoms with van der Waals surface area (Å²) in [5.41, 5.74) is -1.56. The smallest absolute Gasteiger partial charge is 0.459 e. The minimum absolute atomic E-state index is 0.197. The number of para-hydroxylation sites is 1. The normalized spacial score (nSPS) is 25.3. The zero-order chi connectivity index (χ0) is 28.5. The highest BCUT2D eigenvalue weighted by Crippen LogP contribution is 2.48. The average molecular weight is 567 g/mol. The molecule has 4 rings (SSSR count). The van der Waals surface area contributed by atoms with Crippen LogP contribution in [0.3, 0.4) is 0 Å². The Morgan fingerprint density at radius 3 is 2.67 bits per heavy atom. The first kappa shape index (κ1) is 28.8. The number of rotatable bonds is 10. The van der Waals surface area contributed by atoms with Crippen molar-refractivity contribution in [2.24, 2.45) is 0 Å². The summed E-state index contributed by atoms with van der Waals surface area (Å²) in [7, 11) is 0.544. The SMILES string of the molecule is COC(=O)[C@H](C)N[P@](=O)(OC[C@H]1O[C@@H](n2cnc3c(N(C)C)nc(C)nc32)[C@](C)(F)[C@@H]1O)Oc1ccccc1. The van der Waals surface area contributed by atoms with Gasteiger partial charge < -0.3 is 24.0 Å². The Labute approximate surface area is 224 Å². The number of halogens is 1. The number of carbonyl (C=O) groups is 1. The molecular formula is C24H32FN6O7P. The van der Waals surface area contributed by atoms with E-state index < -0.39 is 50.5 Å². The Kier molecular flexibility index (Phi) is 8.24. The number of nitrogens with zero attached hydrogens (tertiary/aromatic N) is 5. The van der Waals surface area contributed by atoms with Crippen LogP contribution in [-0.2, 0) is 23.4 Å². The second-order valence-corrected chi connectivity index (χ2v) is 11.2. The molecule has 15 heteroatoms. The van der Waals surface area contributed by atoms with Gasteiger partial charge in [0.2, 0.25) is 0 Å². The first-order valence-electron chi connectivity index (χ1n) is 12.1. The number of aliphatic hydroxyl groups is 1. The second-order valence-electron chi connectivity index (χ2n) is 9.51. The Balaban J connectivity index is 1.59. The number of esters is 1. The number of nitrogens with one attached hydrogen (secondary N) is 1. The largest absolute Gasteiger partial charge is 0.468 e. The van der Waals surface area contributed by atoms with Crippen LogP contribution in [0, 0.1) is 6.92 Å². The highest BCUT2D eigenvalue weighted by Gasteiger charge is 2.56. The maximum absolute atomic E-state index is 16.0. The number of fused-ring (bicyclic) bond motifs is 1. The van der Waals surface area contributed by atoms with Crippen molar-refractivity contribution in [2.75, 3.05) is 32.7 Å². The summed E-state index contributed by atoms with van der Waals surface area (Å²) in [6.45, 7) is 3.77. The quantitative estimate of drug-likeness (QED) is 0.274. The molecule has 1 aromatic carbocycles. The molecule has 2 N–H and O–H groups in total. The number of ether oxygens (including phenoxy) is 2. The Hall–Kier alpha value is -3.16. The number of aliphatic hydroxyl groups excluding tert-OH is 1. The fourth-order valence-corrected chi connectivity index (χ4v) is 5.69. The van der Waals surface area contributed by atoms with Gasteiger partial charge in [0.05, 0.1) is 20.0 Å². The Morgan fingerprint density at radius 2 is 2.03 bits per heavy atom. The Morgan fingerprint density at radius 1 is 1.33 bits per heavy atom. The molecule has 212 valence electrons. The van der Waals surface area contributed by atoms with Crippen LogP contribution in [0.4, 0.5) is 10.2 Å². The highest BCUT2D eigenvalue weighted by molar-refractivity contribution is 7.52. The molecule has 0 aliphatic carbocycles. The summed E-state index contributed by atoms with van der Waals surface area (Å²) in [5, 5.41) is 13.4. The lowest BCUT2D eigenvalue weighted by atomic mass is 9.98. The van der Waals surface area contributed by atoms with Crippen LogP contribution >= 0.6 is 7.75 Å². The third-order valence-corrected chi connectivity index (χ3v) is 7.84. The van der Waals surface area contributed by atoms with E-state index in [9.17, 15) is 14.5 Å². The van der Waals surface area contributed by atoms with Crippen LogP contribution in [0.5, 0.6) is 5.75 Å². The van der Waals surface area contributed by atoms with E-state index in [-0.39, 0.29) is 5.75 Å². The van der Waals surface area contributed by atoms with E-state index in [1.54, 1.807) is 56.3 Å². The number of aromatic nitrogens is 4. The number of anilines is 1. The molecule has 0 amide bonds. The van der Waals surface area contributed by atoms with Crippen LogP contribution in [0.1, 0.15) is 25.9 Å². The third kappa shape index (κ3) is 5.89. The van der Waals surface area contributed by atoms with Gasteiger partial charge in [-0.25, -0.2) is 23.9 Å². The van der Waals surface area contributed by atoms with Crippen LogP contribution in [0.15, 0.2) is 36.7 Å². The maximum atomic E-state index is 16.0. The van der Waals surface area contributed by atoms with Crippen molar-refractivity contribution in [1.82, 2.24) is 24.6 Å². The molecule has 0 bridgehead atoms. The van der Waals surface area contributed by atoms with Crippen molar-refractivity contribution in [2.45, 2.75) is 50.9 Å². The zero-order valence-electron chi connectivity index (χ0n) is 22.4. The number of aryl methyl sites for hydroxylation is 1. The molecule has 0 unspecified atom stereocenters. The number of imidazole rings is 1. The molecule has 3 heterocycles. The number of hydrogen-bond acceptors (Lipinski definition) is 11. The van der Waals surface area contributed by atoms with Crippen molar-refractivity contribution in [3.8, 4) is 5.75 Å². The topological polar surface area (TPSA) is 150 Å². The molecule has 3 aromatic rings. The lowest BCUT2D eigenvalue weighted by Gasteiger charge is -2.25. The van der Waals surface area contributed by atoms with Crippen molar-refractivity contribution in [1.29, 1.82) is 0 Å². The van der Waals surface area contributed by atoms with E-state index in [1.165, 1.54) is 31.9 Å². The molecule has 1 aliphatic rings. The first-order chi connectivity index (χ1) is 18.4. The number of hydrogen-bond donors (Lipinski definition) is 2. The predicted octanol–water partition coefficient (Wildman–Crippen LogP) is 2.54. The summed E-state index contributed by atoms with van der Waals surface area (Å²) in [6, 6.07) is 7.09. The van der Waals surface area contributed by atoms with Crippen LogP contribution < -0.4 is 14.5 Å².